The number of hydrogen-bond acceptors (Lipinski definition) is 6. The lowest BCUT2D eigenvalue weighted by Gasteiger charge is -2.31. The molecule has 1 amide bonds. The van der Waals surface area contributed by atoms with Crippen molar-refractivity contribution in [3.63, 3.8) is 0 Å². The highest BCUT2D eigenvalue weighted by molar-refractivity contribution is 7.89. The molecule has 0 unspecified atom stereocenters. The molecule has 1 aromatic rings. The molecule has 1 fully saturated rings. The van der Waals surface area contributed by atoms with Gasteiger partial charge in [-0.05, 0) is 31.0 Å². The van der Waals surface area contributed by atoms with Crippen LogP contribution in [-0.2, 0) is 19.6 Å². The first-order valence-corrected chi connectivity index (χ1v) is 11.2. The standard InChI is InChI=1S/C20H27N3O5S/c1-3-23(4-2)29(26,27)17-10-8-9-16(13-17)19(25)28-14-18(24)22-20(15-21)11-6-5-7-12-20/h8-10,13H,3-7,11-12,14H2,1-2H3,(H,22,24). The third-order valence-corrected chi connectivity index (χ3v) is 7.09. The molecule has 1 aliphatic rings. The summed E-state index contributed by atoms with van der Waals surface area (Å²) in [5, 5.41) is 12.1. The SMILES string of the molecule is CCN(CC)S(=O)(=O)c1cccc(C(=O)OCC(=O)NC2(C#N)CCCCC2)c1. The minimum atomic E-state index is -3.71. The van der Waals surface area contributed by atoms with E-state index < -0.39 is 34.0 Å². The monoisotopic (exact) mass is 421 g/mol. The number of nitriles is 1. The maximum Gasteiger partial charge on any atom is 0.338 e. The van der Waals surface area contributed by atoms with Crippen LogP contribution in [0.1, 0.15) is 56.3 Å². The molecule has 1 aromatic carbocycles. The van der Waals surface area contributed by atoms with Crippen LogP contribution >= 0.6 is 0 Å². The molecule has 158 valence electrons. The van der Waals surface area contributed by atoms with Crippen molar-refractivity contribution in [2.45, 2.75) is 56.4 Å². The van der Waals surface area contributed by atoms with Crippen molar-refractivity contribution in [1.82, 2.24) is 9.62 Å². The highest BCUT2D eigenvalue weighted by atomic mass is 32.2. The second-order valence-electron chi connectivity index (χ2n) is 7.00. The van der Waals surface area contributed by atoms with Crippen LogP contribution in [0.3, 0.4) is 0 Å². The number of rotatable bonds is 8. The lowest BCUT2D eigenvalue weighted by molar-refractivity contribution is -0.125. The van der Waals surface area contributed by atoms with Crippen LogP contribution in [0, 0.1) is 11.3 Å². The summed E-state index contributed by atoms with van der Waals surface area (Å²) in [4.78, 5) is 24.5. The fourth-order valence-electron chi connectivity index (χ4n) is 3.43. The van der Waals surface area contributed by atoms with E-state index in [1.165, 1.54) is 28.6 Å². The van der Waals surface area contributed by atoms with Gasteiger partial charge in [0.15, 0.2) is 6.61 Å². The van der Waals surface area contributed by atoms with Crippen molar-refractivity contribution in [2.24, 2.45) is 0 Å². The molecule has 1 N–H and O–H groups in total. The summed E-state index contributed by atoms with van der Waals surface area (Å²) in [7, 11) is -3.71. The predicted octanol–water partition coefficient (Wildman–Crippen LogP) is 2.22. The Kier molecular flexibility index (Phi) is 7.76. The first kappa shape index (κ1) is 22.8. The number of carbonyl (C=O) groups is 2. The van der Waals surface area contributed by atoms with Crippen LogP contribution in [-0.4, -0.2) is 49.8 Å². The second kappa shape index (κ2) is 9.85. The van der Waals surface area contributed by atoms with Gasteiger partial charge < -0.3 is 10.1 Å². The lowest BCUT2D eigenvalue weighted by Crippen LogP contribution is -2.50. The van der Waals surface area contributed by atoms with Crippen LogP contribution in [0.5, 0.6) is 0 Å². The normalized spacial score (nSPS) is 16.1. The molecule has 9 heteroatoms. The van der Waals surface area contributed by atoms with Crippen LogP contribution in [0.2, 0.25) is 0 Å². The van der Waals surface area contributed by atoms with Gasteiger partial charge in [0.1, 0.15) is 5.54 Å². The molecular formula is C20H27N3O5S. The lowest BCUT2D eigenvalue weighted by atomic mass is 9.83. The minimum Gasteiger partial charge on any atom is -0.452 e. The van der Waals surface area contributed by atoms with Crippen LogP contribution < -0.4 is 5.32 Å². The molecule has 1 aliphatic carbocycles. The van der Waals surface area contributed by atoms with Crippen molar-refractivity contribution in [2.75, 3.05) is 19.7 Å². The molecule has 0 heterocycles. The molecule has 0 aromatic heterocycles. The smallest absolute Gasteiger partial charge is 0.338 e. The fraction of sp³-hybridized carbons (Fsp3) is 0.550. The van der Waals surface area contributed by atoms with E-state index in [-0.39, 0.29) is 10.5 Å². The van der Waals surface area contributed by atoms with E-state index in [1.54, 1.807) is 13.8 Å². The molecule has 0 bridgehead atoms. The zero-order chi connectivity index (χ0) is 21.5. The highest BCUT2D eigenvalue weighted by Gasteiger charge is 2.33. The molecular weight excluding hydrogens is 394 g/mol. The number of nitrogens with zero attached hydrogens (tertiary/aromatic N) is 2. The number of ether oxygens (including phenoxy) is 1. The largest absolute Gasteiger partial charge is 0.452 e. The Morgan fingerprint density at radius 2 is 1.86 bits per heavy atom. The second-order valence-corrected chi connectivity index (χ2v) is 8.93. The third-order valence-electron chi connectivity index (χ3n) is 5.05. The molecule has 1 saturated carbocycles. The molecule has 0 saturated heterocycles. The van der Waals surface area contributed by atoms with Crippen LogP contribution in [0.15, 0.2) is 29.2 Å². The van der Waals surface area contributed by atoms with Gasteiger partial charge in [-0.2, -0.15) is 9.57 Å². The Labute approximate surface area is 171 Å². The Hall–Kier alpha value is -2.44. The number of sulfonamides is 1. The molecule has 8 nitrogen and oxygen atoms in total. The highest BCUT2D eigenvalue weighted by Crippen LogP contribution is 2.27. The molecule has 2 rings (SSSR count). The average Bonchev–Trinajstić information content (AvgIpc) is 2.73. The van der Waals surface area contributed by atoms with Gasteiger partial charge >= 0.3 is 5.97 Å². The van der Waals surface area contributed by atoms with E-state index in [9.17, 15) is 23.3 Å². The molecule has 29 heavy (non-hydrogen) atoms. The van der Waals surface area contributed by atoms with Gasteiger partial charge in [-0.3, -0.25) is 4.79 Å². The minimum absolute atomic E-state index is 0.00857. The molecule has 0 spiro atoms. The van der Waals surface area contributed by atoms with Crippen LogP contribution in [0.4, 0.5) is 0 Å². The van der Waals surface area contributed by atoms with E-state index >= 15 is 0 Å². The molecule has 0 radical (unpaired) electrons. The average molecular weight is 422 g/mol. The summed E-state index contributed by atoms with van der Waals surface area (Å²) in [5.41, 5.74) is -0.863. The van der Waals surface area contributed by atoms with E-state index in [0.717, 1.165) is 19.3 Å². The van der Waals surface area contributed by atoms with Gasteiger partial charge in [0.25, 0.3) is 5.91 Å². The first-order valence-electron chi connectivity index (χ1n) is 9.77. The van der Waals surface area contributed by atoms with Crippen molar-refractivity contribution in [3.8, 4) is 6.07 Å². The number of esters is 1. The Morgan fingerprint density at radius 3 is 2.45 bits per heavy atom. The number of amides is 1. The van der Waals surface area contributed by atoms with E-state index in [0.29, 0.717) is 25.9 Å². The van der Waals surface area contributed by atoms with Gasteiger partial charge in [-0.25, -0.2) is 13.2 Å². The van der Waals surface area contributed by atoms with Gasteiger partial charge in [-0.15, -0.1) is 0 Å². The first-order chi connectivity index (χ1) is 13.8. The van der Waals surface area contributed by atoms with E-state index in [1.807, 2.05) is 0 Å². The van der Waals surface area contributed by atoms with Crippen molar-refractivity contribution in [1.29, 1.82) is 5.26 Å². The molecule has 0 aliphatic heterocycles. The summed E-state index contributed by atoms with van der Waals surface area (Å²) in [6.45, 7) is 3.56. The quantitative estimate of drug-likeness (QED) is 0.643. The maximum absolute atomic E-state index is 12.6. The summed E-state index contributed by atoms with van der Waals surface area (Å²) in [5.74, 6) is -1.35. The van der Waals surface area contributed by atoms with Crippen LogP contribution in [0.25, 0.3) is 0 Å². The van der Waals surface area contributed by atoms with Gasteiger partial charge in [0.2, 0.25) is 10.0 Å². The van der Waals surface area contributed by atoms with E-state index in [2.05, 4.69) is 11.4 Å². The number of hydrogen-bond donors (Lipinski definition) is 1. The Balaban J connectivity index is 2.03. The maximum atomic E-state index is 12.6. The summed E-state index contributed by atoms with van der Waals surface area (Å²) in [6, 6.07) is 7.71. The van der Waals surface area contributed by atoms with Crippen molar-refractivity contribution >= 4 is 21.9 Å². The van der Waals surface area contributed by atoms with Crippen molar-refractivity contribution in [3.05, 3.63) is 29.8 Å². The summed E-state index contributed by atoms with van der Waals surface area (Å²) >= 11 is 0. The van der Waals surface area contributed by atoms with Crippen molar-refractivity contribution < 1.29 is 22.7 Å². The predicted molar refractivity (Wildman–Crippen MR) is 106 cm³/mol. The zero-order valence-electron chi connectivity index (χ0n) is 16.8. The fourth-order valence-corrected chi connectivity index (χ4v) is 4.94. The molecule has 0 atom stereocenters. The number of carbonyl (C=O) groups excluding carboxylic acids is 2. The topological polar surface area (TPSA) is 117 Å². The third kappa shape index (κ3) is 5.55. The van der Waals surface area contributed by atoms with Gasteiger partial charge in [-0.1, -0.05) is 39.2 Å². The summed E-state index contributed by atoms with van der Waals surface area (Å²) in [6.07, 6.45) is 3.91. The Morgan fingerprint density at radius 1 is 1.21 bits per heavy atom. The number of nitrogens with one attached hydrogen (secondary N) is 1. The van der Waals surface area contributed by atoms with Gasteiger partial charge in [0.05, 0.1) is 16.5 Å². The van der Waals surface area contributed by atoms with Gasteiger partial charge in [0, 0.05) is 13.1 Å². The zero-order valence-corrected chi connectivity index (χ0v) is 17.6. The summed E-state index contributed by atoms with van der Waals surface area (Å²) < 4.78 is 31.5. The van der Waals surface area contributed by atoms with E-state index in [4.69, 9.17) is 4.74 Å². The Bertz CT molecular complexity index is 882. The number of benzene rings is 1.